The number of hydrogen-bond acceptors (Lipinski definition) is 6. The highest BCUT2D eigenvalue weighted by Crippen LogP contribution is 2.25. The average Bonchev–Trinajstić information content (AvgIpc) is 2.86. The van der Waals surface area contributed by atoms with Crippen LogP contribution < -0.4 is 10.6 Å². The van der Waals surface area contributed by atoms with Crippen molar-refractivity contribution < 1.29 is 9.59 Å². The van der Waals surface area contributed by atoms with Gasteiger partial charge in [-0.05, 0) is 30.0 Å². The fourth-order valence-corrected chi connectivity index (χ4v) is 3.16. The van der Waals surface area contributed by atoms with E-state index in [1.54, 1.807) is 36.0 Å². The zero-order valence-electron chi connectivity index (χ0n) is 11.5. The van der Waals surface area contributed by atoms with E-state index in [-0.39, 0.29) is 11.8 Å². The zero-order chi connectivity index (χ0) is 15.2. The van der Waals surface area contributed by atoms with Gasteiger partial charge in [0.05, 0.1) is 0 Å². The second-order valence-corrected chi connectivity index (χ2v) is 6.51. The number of rotatable bonds is 5. The first kappa shape index (κ1) is 15.5. The normalized spacial score (nSPS) is 10.2. The molecule has 21 heavy (non-hydrogen) atoms. The number of aromatic nitrogens is 2. The Labute approximate surface area is 130 Å². The Morgan fingerprint density at radius 3 is 2.52 bits per heavy atom. The van der Waals surface area contributed by atoms with Gasteiger partial charge in [0.15, 0.2) is 4.34 Å². The Kier molecular flexibility index (Phi) is 5.29. The van der Waals surface area contributed by atoms with Crippen molar-refractivity contribution in [1.82, 2.24) is 10.2 Å². The summed E-state index contributed by atoms with van der Waals surface area (Å²) in [5.41, 5.74) is 1.14. The maximum Gasteiger partial charge on any atom is 0.257 e. The van der Waals surface area contributed by atoms with Crippen LogP contribution in [0.5, 0.6) is 0 Å². The summed E-state index contributed by atoms with van der Waals surface area (Å²) in [5, 5.41) is 13.7. The summed E-state index contributed by atoms with van der Waals surface area (Å²) in [6.45, 7) is 3.46. The Morgan fingerprint density at radius 1 is 1.19 bits per heavy atom. The van der Waals surface area contributed by atoms with Crippen molar-refractivity contribution in [3.8, 4) is 0 Å². The third-order valence-electron chi connectivity index (χ3n) is 2.36. The molecule has 0 unspecified atom stereocenters. The summed E-state index contributed by atoms with van der Waals surface area (Å²) in [5.74, 6) is 0.503. The van der Waals surface area contributed by atoms with Crippen molar-refractivity contribution in [2.75, 3.05) is 16.4 Å². The van der Waals surface area contributed by atoms with Crippen molar-refractivity contribution in [2.45, 2.75) is 18.2 Å². The number of benzene rings is 1. The molecule has 2 aromatic rings. The summed E-state index contributed by atoms with van der Waals surface area (Å²) in [4.78, 5) is 23.0. The van der Waals surface area contributed by atoms with Crippen LogP contribution in [0, 0.1) is 0 Å². The number of anilines is 2. The number of carbonyl (C=O) groups is 2. The van der Waals surface area contributed by atoms with E-state index in [0.717, 1.165) is 10.1 Å². The minimum absolute atomic E-state index is 0.151. The smallest absolute Gasteiger partial charge is 0.257 e. The van der Waals surface area contributed by atoms with E-state index < -0.39 is 0 Å². The van der Waals surface area contributed by atoms with Crippen molar-refractivity contribution in [3.05, 3.63) is 29.8 Å². The lowest BCUT2D eigenvalue weighted by Gasteiger charge is -2.04. The first-order valence-electron chi connectivity index (χ1n) is 6.23. The molecule has 2 rings (SSSR count). The molecule has 0 spiro atoms. The second-order valence-electron chi connectivity index (χ2n) is 4.02. The minimum Gasteiger partial charge on any atom is -0.326 e. The Balaban J connectivity index is 2.00. The molecule has 6 nitrogen and oxygen atoms in total. The first-order valence-corrected chi connectivity index (χ1v) is 8.04. The Hall–Kier alpha value is -1.93. The predicted molar refractivity (Wildman–Crippen MR) is 85.0 cm³/mol. The number of carbonyl (C=O) groups excluding carboxylic acids is 2. The van der Waals surface area contributed by atoms with Crippen LogP contribution in [0.3, 0.4) is 0 Å². The van der Waals surface area contributed by atoms with Crippen LogP contribution in [0.4, 0.5) is 10.8 Å². The quantitative estimate of drug-likeness (QED) is 0.653. The van der Waals surface area contributed by atoms with E-state index in [1.807, 2.05) is 6.92 Å². The van der Waals surface area contributed by atoms with Crippen LogP contribution in [-0.4, -0.2) is 27.8 Å². The van der Waals surface area contributed by atoms with Gasteiger partial charge < -0.3 is 5.32 Å². The van der Waals surface area contributed by atoms with Gasteiger partial charge in [-0.3, -0.25) is 14.9 Å². The molecule has 2 amide bonds. The van der Waals surface area contributed by atoms with Crippen LogP contribution >= 0.6 is 23.1 Å². The molecule has 0 radical (unpaired) electrons. The van der Waals surface area contributed by atoms with Crippen molar-refractivity contribution >= 4 is 45.7 Å². The second kappa shape index (κ2) is 7.19. The monoisotopic (exact) mass is 322 g/mol. The summed E-state index contributed by atoms with van der Waals surface area (Å²) in [6, 6.07) is 6.64. The number of thioether (sulfide) groups is 1. The van der Waals surface area contributed by atoms with Crippen molar-refractivity contribution in [3.63, 3.8) is 0 Å². The molecule has 0 saturated carbocycles. The highest BCUT2D eigenvalue weighted by molar-refractivity contribution is 8.01. The van der Waals surface area contributed by atoms with Gasteiger partial charge in [0.1, 0.15) is 0 Å². The third kappa shape index (κ3) is 4.54. The molecular formula is C13H14N4O2S2. The molecule has 2 N–H and O–H groups in total. The lowest BCUT2D eigenvalue weighted by Crippen LogP contribution is -2.12. The molecule has 110 valence electrons. The highest BCUT2D eigenvalue weighted by atomic mass is 32.2. The van der Waals surface area contributed by atoms with E-state index in [4.69, 9.17) is 0 Å². The maximum absolute atomic E-state index is 12.0. The molecule has 0 fully saturated rings. The molecular weight excluding hydrogens is 308 g/mol. The van der Waals surface area contributed by atoms with E-state index in [2.05, 4.69) is 20.8 Å². The van der Waals surface area contributed by atoms with Crippen molar-refractivity contribution in [2.24, 2.45) is 0 Å². The van der Waals surface area contributed by atoms with Gasteiger partial charge in [-0.2, -0.15) is 0 Å². The Bertz CT molecular complexity index is 640. The van der Waals surface area contributed by atoms with E-state index in [1.165, 1.54) is 18.3 Å². The van der Waals surface area contributed by atoms with Gasteiger partial charge in [-0.25, -0.2) is 0 Å². The molecule has 1 aromatic heterocycles. The number of hydrogen-bond donors (Lipinski definition) is 2. The number of nitrogens with one attached hydrogen (secondary N) is 2. The molecule has 0 aliphatic carbocycles. The first-order chi connectivity index (χ1) is 10.1. The molecule has 0 aliphatic rings. The highest BCUT2D eigenvalue weighted by Gasteiger charge is 2.10. The maximum atomic E-state index is 12.0. The summed E-state index contributed by atoms with van der Waals surface area (Å²) < 4.78 is 0.828. The summed E-state index contributed by atoms with van der Waals surface area (Å²) in [7, 11) is 0. The SMILES string of the molecule is CCSc1nnc(NC(=O)c2ccc(NC(C)=O)cc2)s1. The van der Waals surface area contributed by atoms with Crippen LogP contribution in [0.2, 0.25) is 0 Å². The number of nitrogens with zero attached hydrogens (tertiary/aromatic N) is 2. The summed E-state index contributed by atoms with van der Waals surface area (Å²) >= 11 is 2.92. The van der Waals surface area contributed by atoms with Gasteiger partial charge in [-0.15, -0.1) is 10.2 Å². The fourth-order valence-electron chi connectivity index (χ4n) is 1.52. The lowest BCUT2D eigenvalue weighted by molar-refractivity contribution is -0.114. The van der Waals surface area contributed by atoms with Crippen LogP contribution in [0.25, 0.3) is 0 Å². The van der Waals surface area contributed by atoms with Crippen LogP contribution in [-0.2, 0) is 4.79 Å². The molecule has 0 saturated heterocycles. The van der Waals surface area contributed by atoms with Gasteiger partial charge >= 0.3 is 0 Å². The third-order valence-corrected chi connectivity index (χ3v) is 4.22. The van der Waals surface area contributed by atoms with Crippen LogP contribution in [0.15, 0.2) is 28.6 Å². The van der Waals surface area contributed by atoms with Gasteiger partial charge in [-0.1, -0.05) is 30.0 Å². The lowest BCUT2D eigenvalue weighted by atomic mass is 10.2. The predicted octanol–water partition coefficient (Wildman–Crippen LogP) is 2.86. The molecule has 8 heteroatoms. The van der Waals surface area contributed by atoms with Crippen molar-refractivity contribution in [1.29, 1.82) is 0 Å². The van der Waals surface area contributed by atoms with E-state index in [9.17, 15) is 9.59 Å². The van der Waals surface area contributed by atoms with Crippen LogP contribution in [0.1, 0.15) is 24.2 Å². The van der Waals surface area contributed by atoms with Gasteiger partial charge in [0.25, 0.3) is 5.91 Å². The molecule has 1 aromatic carbocycles. The largest absolute Gasteiger partial charge is 0.326 e. The zero-order valence-corrected chi connectivity index (χ0v) is 13.2. The minimum atomic E-state index is -0.256. The van der Waals surface area contributed by atoms with Gasteiger partial charge in [0.2, 0.25) is 11.0 Å². The molecule has 0 bridgehead atoms. The van der Waals surface area contributed by atoms with E-state index >= 15 is 0 Å². The Morgan fingerprint density at radius 2 is 1.90 bits per heavy atom. The topological polar surface area (TPSA) is 84.0 Å². The van der Waals surface area contributed by atoms with Gasteiger partial charge in [0, 0.05) is 18.2 Å². The van der Waals surface area contributed by atoms with E-state index in [0.29, 0.717) is 16.4 Å². The standard InChI is InChI=1S/C13H14N4O2S2/c1-3-20-13-17-16-12(21-13)15-11(19)9-4-6-10(7-5-9)14-8(2)18/h4-7H,3H2,1-2H3,(H,14,18)(H,15,16,19). The summed E-state index contributed by atoms with van der Waals surface area (Å²) in [6.07, 6.45) is 0. The number of amides is 2. The average molecular weight is 322 g/mol. The molecule has 0 aliphatic heterocycles. The fraction of sp³-hybridized carbons (Fsp3) is 0.231. The molecule has 1 heterocycles. The molecule has 0 atom stereocenters.